The van der Waals surface area contributed by atoms with E-state index in [0.717, 1.165) is 42.0 Å². The number of aromatic nitrogens is 2. The number of unbranched alkanes of at least 4 members (excludes halogenated alkanes) is 3. The summed E-state index contributed by atoms with van der Waals surface area (Å²) in [4.78, 5) is 9.13. The standard InChI is InChI=1S/C26H38N2O/c1-3-5-6-7-9-23-18-27-26(28-19-23)24-14-16-25(17-15-24)29-20-22-12-10-21(8-4-2)11-13-22/h14-19,21-22H,3-13,20H2,1-2H3/t21-,22-. The number of hydrogen-bond acceptors (Lipinski definition) is 3. The van der Waals surface area contributed by atoms with Crippen molar-refractivity contribution < 1.29 is 4.74 Å². The summed E-state index contributed by atoms with van der Waals surface area (Å²) in [6, 6.07) is 8.26. The zero-order valence-electron chi connectivity index (χ0n) is 18.4. The summed E-state index contributed by atoms with van der Waals surface area (Å²) in [7, 11) is 0. The van der Waals surface area contributed by atoms with Gasteiger partial charge in [0.1, 0.15) is 5.75 Å². The number of nitrogens with zero attached hydrogens (tertiary/aromatic N) is 2. The molecule has 1 aliphatic rings. The molecule has 1 aromatic heterocycles. The van der Waals surface area contributed by atoms with Crippen molar-refractivity contribution in [2.75, 3.05) is 6.61 Å². The second-order valence-electron chi connectivity index (χ2n) is 8.74. The Balaban J connectivity index is 1.44. The molecule has 0 amide bonds. The van der Waals surface area contributed by atoms with E-state index in [1.165, 1.54) is 69.8 Å². The Labute approximate surface area is 177 Å². The highest BCUT2D eigenvalue weighted by molar-refractivity contribution is 5.55. The molecule has 0 spiro atoms. The molecule has 1 aliphatic carbocycles. The number of aryl methyl sites for hydroxylation is 1. The molecule has 1 saturated carbocycles. The molecule has 29 heavy (non-hydrogen) atoms. The molecule has 3 rings (SSSR count). The summed E-state index contributed by atoms with van der Waals surface area (Å²) in [5.41, 5.74) is 2.29. The van der Waals surface area contributed by atoms with Crippen molar-refractivity contribution in [3.63, 3.8) is 0 Å². The van der Waals surface area contributed by atoms with E-state index < -0.39 is 0 Å². The zero-order chi connectivity index (χ0) is 20.3. The number of rotatable bonds is 11. The van der Waals surface area contributed by atoms with Gasteiger partial charge in [-0.3, -0.25) is 0 Å². The molecule has 0 atom stereocenters. The van der Waals surface area contributed by atoms with Crippen LogP contribution in [0.25, 0.3) is 11.4 Å². The minimum atomic E-state index is 0.719. The third-order valence-electron chi connectivity index (χ3n) is 6.29. The van der Waals surface area contributed by atoms with Crippen LogP contribution in [0.1, 0.15) is 83.6 Å². The van der Waals surface area contributed by atoms with E-state index in [2.05, 4.69) is 48.1 Å². The van der Waals surface area contributed by atoms with Crippen LogP contribution in [0.2, 0.25) is 0 Å². The van der Waals surface area contributed by atoms with Crippen LogP contribution in [-0.4, -0.2) is 16.6 Å². The van der Waals surface area contributed by atoms with Crippen molar-refractivity contribution in [2.45, 2.75) is 84.5 Å². The van der Waals surface area contributed by atoms with Crippen LogP contribution in [0.15, 0.2) is 36.7 Å². The van der Waals surface area contributed by atoms with Gasteiger partial charge in [-0.1, -0.05) is 58.8 Å². The maximum absolute atomic E-state index is 6.07. The Bertz CT molecular complexity index is 688. The summed E-state index contributed by atoms with van der Waals surface area (Å²) in [6.45, 7) is 5.39. The lowest BCUT2D eigenvalue weighted by Gasteiger charge is -2.28. The summed E-state index contributed by atoms with van der Waals surface area (Å²) < 4.78 is 6.07. The smallest absolute Gasteiger partial charge is 0.159 e. The lowest BCUT2D eigenvalue weighted by Crippen LogP contribution is -2.20. The lowest BCUT2D eigenvalue weighted by atomic mass is 9.80. The summed E-state index contributed by atoms with van der Waals surface area (Å²) in [6.07, 6.45) is 18.3. The van der Waals surface area contributed by atoms with Crippen LogP contribution in [0.5, 0.6) is 5.75 Å². The third-order valence-corrected chi connectivity index (χ3v) is 6.29. The highest BCUT2D eigenvalue weighted by Gasteiger charge is 2.21. The maximum Gasteiger partial charge on any atom is 0.159 e. The van der Waals surface area contributed by atoms with Crippen LogP contribution < -0.4 is 4.74 Å². The van der Waals surface area contributed by atoms with Crippen molar-refractivity contribution in [3.8, 4) is 17.1 Å². The Morgan fingerprint density at radius 2 is 1.52 bits per heavy atom. The molecule has 1 heterocycles. The SMILES string of the molecule is CCCCCCc1cnc(-c2ccc(OC[C@H]3CC[C@H](CCC)CC3)cc2)nc1. The molecule has 1 aromatic carbocycles. The minimum Gasteiger partial charge on any atom is -0.493 e. The average Bonchev–Trinajstić information content (AvgIpc) is 2.77. The van der Waals surface area contributed by atoms with Gasteiger partial charge >= 0.3 is 0 Å². The first kappa shape index (κ1) is 21.8. The first-order chi connectivity index (χ1) is 14.3. The quantitative estimate of drug-likeness (QED) is 0.376. The second kappa shape index (κ2) is 11.9. The highest BCUT2D eigenvalue weighted by atomic mass is 16.5. The molecule has 158 valence electrons. The third kappa shape index (κ3) is 7.13. The van der Waals surface area contributed by atoms with E-state index in [9.17, 15) is 0 Å². The van der Waals surface area contributed by atoms with Crippen molar-refractivity contribution in [1.82, 2.24) is 9.97 Å². The highest BCUT2D eigenvalue weighted by Crippen LogP contribution is 2.32. The Kier molecular flexibility index (Phi) is 8.98. The molecular formula is C26H38N2O. The predicted molar refractivity (Wildman–Crippen MR) is 121 cm³/mol. The van der Waals surface area contributed by atoms with Crippen LogP contribution in [0.3, 0.4) is 0 Å². The second-order valence-corrected chi connectivity index (χ2v) is 8.74. The molecule has 0 saturated heterocycles. The van der Waals surface area contributed by atoms with E-state index in [0.29, 0.717) is 0 Å². The molecule has 0 aliphatic heterocycles. The average molecular weight is 395 g/mol. The first-order valence-electron chi connectivity index (χ1n) is 11.8. The molecule has 2 aromatic rings. The Hall–Kier alpha value is -1.90. The van der Waals surface area contributed by atoms with Gasteiger partial charge in [0.05, 0.1) is 6.61 Å². The zero-order valence-corrected chi connectivity index (χ0v) is 18.4. The molecule has 0 unspecified atom stereocenters. The van der Waals surface area contributed by atoms with Crippen LogP contribution in [0, 0.1) is 11.8 Å². The van der Waals surface area contributed by atoms with Crippen LogP contribution >= 0.6 is 0 Å². The minimum absolute atomic E-state index is 0.719. The maximum atomic E-state index is 6.07. The predicted octanol–water partition coefficient (Wildman–Crippen LogP) is 7.25. The number of ether oxygens (including phenoxy) is 1. The normalized spacial score (nSPS) is 19.2. The van der Waals surface area contributed by atoms with E-state index >= 15 is 0 Å². The summed E-state index contributed by atoms with van der Waals surface area (Å²) >= 11 is 0. The van der Waals surface area contributed by atoms with Gasteiger partial charge in [0.15, 0.2) is 5.82 Å². The molecule has 3 nitrogen and oxygen atoms in total. The first-order valence-corrected chi connectivity index (χ1v) is 11.8. The molecule has 0 bridgehead atoms. The van der Waals surface area contributed by atoms with Gasteiger partial charge in [-0.15, -0.1) is 0 Å². The molecule has 3 heteroatoms. The molecule has 1 fully saturated rings. The fourth-order valence-electron chi connectivity index (χ4n) is 4.40. The fraction of sp³-hybridized carbons (Fsp3) is 0.615. The van der Waals surface area contributed by atoms with E-state index in [1.807, 2.05) is 12.4 Å². The van der Waals surface area contributed by atoms with E-state index in [1.54, 1.807) is 0 Å². The van der Waals surface area contributed by atoms with Crippen LogP contribution in [-0.2, 0) is 6.42 Å². The largest absolute Gasteiger partial charge is 0.493 e. The number of benzene rings is 1. The molecule has 0 N–H and O–H groups in total. The van der Waals surface area contributed by atoms with Gasteiger partial charge in [-0.2, -0.15) is 0 Å². The number of hydrogen-bond donors (Lipinski definition) is 0. The van der Waals surface area contributed by atoms with Gasteiger partial charge in [-0.05, 0) is 67.3 Å². The topological polar surface area (TPSA) is 35.0 Å². The summed E-state index contributed by atoms with van der Waals surface area (Å²) in [5.74, 6) is 3.43. The lowest BCUT2D eigenvalue weighted by molar-refractivity contribution is 0.178. The van der Waals surface area contributed by atoms with E-state index in [4.69, 9.17) is 4.74 Å². The summed E-state index contributed by atoms with van der Waals surface area (Å²) in [5, 5.41) is 0. The fourth-order valence-corrected chi connectivity index (χ4v) is 4.40. The van der Waals surface area contributed by atoms with E-state index in [-0.39, 0.29) is 0 Å². The van der Waals surface area contributed by atoms with Crippen molar-refractivity contribution in [1.29, 1.82) is 0 Å². The van der Waals surface area contributed by atoms with Crippen LogP contribution in [0.4, 0.5) is 0 Å². The van der Waals surface area contributed by atoms with Gasteiger partial charge in [0.2, 0.25) is 0 Å². The Morgan fingerprint density at radius 3 is 2.17 bits per heavy atom. The van der Waals surface area contributed by atoms with Gasteiger partial charge in [0, 0.05) is 18.0 Å². The van der Waals surface area contributed by atoms with Gasteiger partial charge in [0.25, 0.3) is 0 Å². The van der Waals surface area contributed by atoms with Crippen molar-refractivity contribution in [2.24, 2.45) is 11.8 Å². The van der Waals surface area contributed by atoms with Crippen molar-refractivity contribution >= 4 is 0 Å². The van der Waals surface area contributed by atoms with Gasteiger partial charge < -0.3 is 4.74 Å². The monoisotopic (exact) mass is 394 g/mol. The van der Waals surface area contributed by atoms with Gasteiger partial charge in [-0.25, -0.2) is 9.97 Å². The van der Waals surface area contributed by atoms with Crippen molar-refractivity contribution in [3.05, 3.63) is 42.2 Å². The molecule has 0 radical (unpaired) electrons. The molecular weight excluding hydrogens is 356 g/mol. The Morgan fingerprint density at radius 1 is 0.828 bits per heavy atom.